The molecule has 7 nitrogen and oxygen atoms in total. The Hall–Kier alpha value is -2.50. The van der Waals surface area contributed by atoms with E-state index in [4.69, 9.17) is 0 Å². The third-order valence-electron chi connectivity index (χ3n) is 4.96. The van der Waals surface area contributed by atoms with Crippen molar-refractivity contribution < 1.29 is 17.6 Å². The highest BCUT2D eigenvalue weighted by molar-refractivity contribution is 8.01. The molecule has 1 N–H and O–H groups in total. The summed E-state index contributed by atoms with van der Waals surface area (Å²) in [5.74, 6) is -0.250. The lowest BCUT2D eigenvalue weighted by atomic mass is 10.2. The molecule has 0 saturated carbocycles. The largest absolute Gasteiger partial charge is 0.356 e. The summed E-state index contributed by atoms with van der Waals surface area (Å²) in [7, 11) is -3.13. The molecular formula is C21H21FN4O3S3. The van der Waals surface area contributed by atoms with Crippen LogP contribution in [0.3, 0.4) is 0 Å². The molecule has 3 aromatic rings. The van der Waals surface area contributed by atoms with E-state index in [1.54, 1.807) is 17.0 Å². The lowest BCUT2D eigenvalue weighted by Gasteiger charge is -2.28. The number of halogens is 1. The van der Waals surface area contributed by atoms with Crippen LogP contribution in [0.2, 0.25) is 0 Å². The van der Waals surface area contributed by atoms with Gasteiger partial charge < -0.3 is 10.2 Å². The number of aromatic nitrogens is 2. The number of hydrogen-bond donors (Lipinski definition) is 1. The number of nitrogens with zero attached hydrogens (tertiary/aromatic N) is 3. The van der Waals surface area contributed by atoms with E-state index in [9.17, 15) is 17.6 Å². The first-order valence-corrected chi connectivity index (χ1v) is 13.5. The maximum absolute atomic E-state index is 13.1. The number of carbonyl (C=O) groups is 1. The number of anilines is 2. The second-order valence-electron chi connectivity index (χ2n) is 7.30. The lowest BCUT2D eigenvalue weighted by Crippen LogP contribution is -2.42. The summed E-state index contributed by atoms with van der Waals surface area (Å²) in [5, 5.41) is 11.9. The molecule has 1 aliphatic heterocycles. The SMILES string of the molecule is O=C(CSc1nnc(NCc2ccc(F)cc2)s1)N(c1ccccc1)[C@@H]1CCS(=O)(=O)C1. The van der Waals surface area contributed by atoms with E-state index in [1.807, 2.05) is 30.3 Å². The fraction of sp³-hybridized carbons (Fsp3) is 0.286. The quantitative estimate of drug-likeness (QED) is 0.480. The van der Waals surface area contributed by atoms with Gasteiger partial charge in [-0.25, -0.2) is 12.8 Å². The van der Waals surface area contributed by atoms with E-state index in [0.717, 1.165) is 5.56 Å². The molecule has 1 aromatic heterocycles. The standard InChI is InChI=1S/C21H21FN4O3S3/c22-16-8-6-15(7-9-16)12-23-20-24-25-21(31-20)30-13-19(27)26(17-4-2-1-3-5-17)18-10-11-32(28,29)14-18/h1-9,18H,10-14H2,(H,23,24)/t18-/m1/s1. The van der Waals surface area contributed by atoms with Gasteiger partial charge in [-0.3, -0.25) is 4.79 Å². The van der Waals surface area contributed by atoms with Crippen LogP contribution in [0.5, 0.6) is 0 Å². The van der Waals surface area contributed by atoms with Gasteiger partial charge in [0.2, 0.25) is 11.0 Å². The minimum Gasteiger partial charge on any atom is -0.356 e. The molecule has 4 rings (SSSR count). The predicted octanol–water partition coefficient (Wildman–Crippen LogP) is 3.60. The maximum Gasteiger partial charge on any atom is 0.237 e. The van der Waals surface area contributed by atoms with Gasteiger partial charge in [0.25, 0.3) is 0 Å². The second-order valence-corrected chi connectivity index (χ2v) is 11.7. The van der Waals surface area contributed by atoms with Crippen LogP contribution in [0.4, 0.5) is 15.2 Å². The van der Waals surface area contributed by atoms with Gasteiger partial charge in [-0.1, -0.05) is 53.4 Å². The first-order chi connectivity index (χ1) is 15.4. The Balaban J connectivity index is 1.37. The average Bonchev–Trinajstić information content (AvgIpc) is 3.38. The zero-order valence-electron chi connectivity index (χ0n) is 17.0. The van der Waals surface area contributed by atoms with Crippen molar-refractivity contribution in [3.63, 3.8) is 0 Å². The van der Waals surface area contributed by atoms with Crippen molar-refractivity contribution >= 4 is 49.7 Å². The van der Waals surface area contributed by atoms with Crippen LogP contribution in [0.25, 0.3) is 0 Å². The molecule has 168 valence electrons. The van der Waals surface area contributed by atoms with E-state index in [0.29, 0.717) is 28.1 Å². The molecule has 0 spiro atoms. The van der Waals surface area contributed by atoms with E-state index in [1.165, 1.54) is 35.2 Å². The van der Waals surface area contributed by atoms with Crippen LogP contribution < -0.4 is 10.2 Å². The highest BCUT2D eigenvalue weighted by Gasteiger charge is 2.35. The molecule has 1 atom stereocenters. The number of sulfone groups is 1. The number of benzene rings is 2. The van der Waals surface area contributed by atoms with Crippen LogP contribution in [0, 0.1) is 5.82 Å². The summed E-state index contributed by atoms with van der Waals surface area (Å²) in [4.78, 5) is 14.7. The van der Waals surface area contributed by atoms with Gasteiger partial charge in [-0.2, -0.15) is 0 Å². The number of para-hydroxylation sites is 1. The highest BCUT2D eigenvalue weighted by atomic mass is 32.2. The number of amides is 1. The van der Waals surface area contributed by atoms with Crippen molar-refractivity contribution in [3.05, 3.63) is 66.0 Å². The molecular weight excluding hydrogens is 471 g/mol. The summed E-state index contributed by atoms with van der Waals surface area (Å²) in [6.45, 7) is 0.483. The average molecular weight is 493 g/mol. The zero-order chi connectivity index (χ0) is 22.6. The van der Waals surface area contributed by atoms with Crippen LogP contribution in [-0.4, -0.2) is 47.8 Å². The van der Waals surface area contributed by atoms with Crippen LogP contribution in [-0.2, 0) is 21.2 Å². The normalized spacial score (nSPS) is 17.2. The van der Waals surface area contributed by atoms with Crippen molar-refractivity contribution in [1.29, 1.82) is 0 Å². The van der Waals surface area contributed by atoms with E-state index in [-0.39, 0.29) is 35.0 Å². The molecule has 2 aromatic carbocycles. The zero-order valence-corrected chi connectivity index (χ0v) is 19.4. The lowest BCUT2D eigenvalue weighted by molar-refractivity contribution is -0.116. The van der Waals surface area contributed by atoms with Gasteiger partial charge in [0.1, 0.15) is 5.82 Å². The van der Waals surface area contributed by atoms with Crippen LogP contribution in [0.1, 0.15) is 12.0 Å². The van der Waals surface area contributed by atoms with Gasteiger partial charge in [0.15, 0.2) is 14.2 Å². The summed E-state index contributed by atoms with van der Waals surface area (Å²) in [6.07, 6.45) is 0.434. The Bertz CT molecular complexity index is 1170. The molecule has 0 unspecified atom stereocenters. The molecule has 1 amide bonds. The molecule has 0 bridgehead atoms. The molecule has 1 fully saturated rings. The summed E-state index contributed by atoms with van der Waals surface area (Å²) >= 11 is 2.60. The number of rotatable bonds is 8. The number of thioether (sulfide) groups is 1. The van der Waals surface area contributed by atoms with Crippen molar-refractivity contribution in [2.75, 3.05) is 27.5 Å². The maximum atomic E-state index is 13.1. The van der Waals surface area contributed by atoms with Crippen LogP contribution in [0.15, 0.2) is 58.9 Å². The fourth-order valence-corrected chi connectivity index (χ4v) is 6.75. The van der Waals surface area contributed by atoms with Gasteiger partial charge in [-0.05, 0) is 36.2 Å². The van der Waals surface area contributed by atoms with Gasteiger partial charge in [0, 0.05) is 12.2 Å². The smallest absolute Gasteiger partial charge is 0.237 e. The molecule has 2 heterocycles. The highest BCUT2D eigenvalue weighted by Crippen LogP contribution is 2.29. The van der Waals surface area contributed by atoms with Crippen molar-refractivity contribution in [1.82, 2.24) is 10.2 Å². The van der Waals surface area contributed by atoms with Gasteiger partial charge in [0.05, 0.1) is 23.3 Å². The minimum absolute atomic E-state index is 0.0193. The molecule has 1 aliphatic rings. The van der Waals surface area contributed by atoms with E-state index in [2.05, 4.69) is 15.5 Å². The Kier molecular flexibility index (Phi) is 7.07. The number of hydrogen-bond acceptors (Lipinski definition) is 8. The molecule has 1 saturated heterocycles. The summed E-state index contributed by atoms with van der Waals surface area (Å²) in [6, 6.07) is 15.0. The monoisotopic (exact) mass is 492 g/mol. The molecule has 11 heteroatoms. The Labute approximate surface area is 194 Å². The summed E-state index contributed by atoms with van der Waals surface area (Å²) in [5.41, 5.74) is 1.61. The Morgan fingerprint density at radius 1 is 1.16 bits per heavy atom. The topological polar surface area (TPSA) is 92.3 Å². The third-order valence-corrected chi connectivity index (χ3v) is 8.71. The molecule has 0 aliphatic carbocycles. The van der Waals surface area contributed by atoms with E-state index < -0.39 is 9.84 Å². The Morgan fingerprint density at radius 2 is 1.91 bits per heavy atom. The van der Waals surface area contributed by atoms with E-state index >= 15 is 0 Å². The number of nitrogens with one attached hydrogen (secondary N) is 1. The predicted molar refractivity (Wildman–Crippen MR) is 125 cm³/mol. The van der Waals surface area contributed by atoms with Crippen LogP contribution >= 0.6 is 23.1 Å². The van der Waals surface area contributed by atoms with Crippen molar-refractivity contribution in [3.8, 4) is 0 Å². The second kappa shape index (κ2) is 9.97. The fourth-order valence-electron chi connectivity index (χ4n) is 3.44. The van der Waals surface area contributed by atoms with Gasteiger partial charge >= 0.3 is 0 Å². The third kappa shape index (κ3) is 5.84. The molecule has 32 heavy (non-hydrogen) atoms. The first-order valence-electron chi connectivity index (χ1n) is 9.92. The summed E-state index contributed by atoms with van der Waals surface area (Å²) < 4.78 is 37.6. The Morgan fingerprint density at radius 3 is 2.59 bits per heavy atom. The molecule has 0 radical (unpaired) electrons. The minimum atomic E-state index is -3.13. The van der Waals surface area contributed by atoms with Crippen molar-refractivity contribution in [2.45, 2.75) is 23.3 Å². The number of carbonyl (C=O) groups excluding carboxylic acids is 1. The van der Waals surface area contributed by atoms with Gasteiger partial charge in [-0.15, -0.1) is 10.2 Å². The first kappa shape index (κ1) is 22.7. The van der Waals surface area contributed by atoms with Crippen molar-refractivity contribution in [2.24, 2.45) is 0 Å².